The quantitative estimate of drug-likeness (QED) is 0.129. The topological polar surface area (TPSA) is 35.5 Å². The molecule has 0 heterocycles. The number of hydrogen-bond donors (Lipinski definition) is 0. The highest BCUT2D eigenvalue weighted by Gasteiger charge is 2.02. The fourth-order valence-corrected chi connectivity index (χ4v) is 3.66. The number of methoxy groups -OCH3 is 1. The Bertz CT molecular complexity index is 304. The number of carbonyl (C=O) groups is 1. The van der Waals surface area contributed by atoms with Crippen molar-refractivity contribution in [3.05, 3.63) is 0 Å². The fraction of sp³-hybridized carbons (Fsp3) is 0.960. The van der Waals surface area contributed by atoms with E-state index in [4.69, 9.17) is 9.47 Å². The Morgan fingerprint density at radius 3 is 1.25 bits per heavy atom. The molecule has 0 aliphatic carbocycles. The van der Waals surface area contributed by atoms with Crippen LogP contribution in [0.25, 0.3) is 0 Å². The lowest BCUT2D eigenvalue weighted by molar-refractivity contribution is -0.145. The first-order chi connectivity index (χ1) is 13.8. The summed E-state index contributed by atoms with van der Waals surface area (Å²) in [6, 6.07) is 0. The van der Waals surface area contributed by atoms with Gasteiger partial charge in [0.1, 0.15) is 6.61 Å². The van der Waals surface area contributed by atoms with Gasteiger partial charge in [-0.15, -0.1) is 0 Å². The number of carbonyl (C=O) groups excluding carboxylic acids is 1. The van der Waals surface area contributed by atoms with Crippen molar-refractivity contribution >= 4 is 5.97 Å². The van der Waals surface area contributed by atoms with Gasteiger partial charge in [-0.3, -0.25) is 4.79 Å². The molecule has 168 valence electrons. The summed E-state index contributed by atoms with van der Waals surface area (Å²) >= 11 is 0. The standard InChI is InChI=1S/C25H50O3/c1-3-4-5-6-7-8-9-10-11-12-13-14-15-16-17-18-19-20-21-22-25(26)28-24-23-27-2/h3-24H2,1-2H3. The number of esters is 1. The molecule has 0 atom stereocenters. The number of ether oxygens (including phenoxy) is 2. The molecule has 0 aromatic rings. The van der Waals surface area contributed by atoms with Crippen LogP contribution in [0.2, 0.25) is 0 Å². The van der Waals surface area contributed by atoms with E-state index in [0.29, 0.717) is 19.6 Å². The van der Waals surface area contributed by atoms with Gasteiger partial charge in [-0.05, 0) is 6.42 Å². The first-order valence-corrected chi connectivity index (χ1v) is 12.5. The number of rotatable bonds is 23. The lowest BCUT2D eigenvalue weighted by atomic mass is 10.0. The maximum Gasteiger partial charge on any atom is 0.305 e. The Morgan fingerprint density at radius 2 is 0.893 bits per heavy atom. The molecule has 0 aromatic carbocycles. The molecular weight excluding hydrogens is 348 g/mol. The third kappa shape index (κ3) is 23.5. The zero-order valence-electron chi connectivity index (χ0n) is 19.3. The zero-order chi connectivity index (χ0) is 20.5. The second-order valence-electron chi connectivity index (χ2n) is 8.33. The summed E-state index contributed by atoms with van der Waals surface area (Å²) < 4.78 is 9.92. The van der Waals surface area contributed by atoms with Crippen LogP contribution >= 0.6 is 0 Å². The van der Waals surface area contributed by atoms with Crippen molar-refractivity contribution < 1.29 is 14.3 Å². The number of unbranched alkanes of at least 4 members (excludes halogenated alkanes) is 18. The summed E-state index contributed by atoms with van der Waals surface area (Å²) in [5.41, 5.74) is 0. The van der Waals surface area contributed by atoms with Gasteiger partial charge in [0.2, 0.25) is 0 Å². The third-order valence-electron chi connectivity index (χ3n) is 5.53. The van der Waals surface area contributed by atoms with Crippen LogP contribution in [0, 0.1) is 0 Å². The molecule has 0 rings (SSSR count). The third-order valence-corrected chi connectivity index (χ3v) is 5.53. The fourth-order valence-electron chi connectivity index (χ4n) is 3.66. The molecule has 0 radical (unpaired) electrons. The van der Waals surface area contributed by atoms with Gasteiger partial charge in [0.05, 0.1) is 6.61 Å². The van der Waals surface area contributed by atoms with Crippen LogP contribution in [0.3, 0.4) is 0 Å². The lowest BCUT2D eigenvalue weighted by Gasteiger charge is -2.05. The Labute approximate surface area is 176 Å². The van der Waals surface area contributed by atoms with E-state index in [0.717, 1.165) is 12.8 Å². The van der Waals surface area contributed by atoms with E-state index in [1.807, 2.05) is 0 Å². The molecule has 0 saturated heterocycles. The molecule has 3 heteroatoms. The van der Waals surface area contributed by atoms with Gasteiger partial charge in [0.15, 0.2) is 0 Å². The van der Waals surface area contributed by atoms with Crippen molar-refractivity contribution in [3.63, 3.8) is 0 Å². The van der Waals surface area contributed by atoms with Crippen molar-refractivity contribution in [3.8, 4) is 0 Å². The van der Waals surface area contributed by atoms with E-state index in [9.17, 15) is 4.79 Å². The lowest BCUT2D eigenvalue weighted by Crippen LogP contribution is -2.09. The molecule has 0 fully saturated rings. The van der Waals surface area contributed by atoms with E-state index >= 15 is 0 Å². The summed E-state index contributed by atoms with van der Waals surface area (Å²) in [7, 11) is 1.62. The van der Waals surface area contributed by atoms with Crippen LogP contribution in [0.4, 0.5) is 0 Å². The molecule has 0 N–H and O–H groups in total. The summed E-state index contributed by atoms with van der Waals surface area (Å²) in [5.74, 6) is -0.0796. The van der Waals surface area contributed by atoms with Crippen LogP contribution in [-0.2, 0) is 14.3 Å². The first-order valence-electron chi connectivity index (χ1n) is 12.5. The maximum atomic E-state index is 11.4. The number of hydrogen-bond acceptors (Lipinski definition) is 3. The normalized spacial score (nSPS) is 11.1. The van der Waals surface area contributed by atoms with E-state index in [-0.39, 0.29) is 5.97 Å². The van der Waals surface area contributed by atoms with Gasteiger partial charge in [-0.2, -0.15) is 0 Å². The van der Waals surface area contributed by atoms with Gasteiger partial charge in [0, 0.05) is 13.5 Å². The van der Waals surface area contributed by atoms with Gasteiger partial charge >= 0.3 is 5.97 Å². The average Bonchev–Trinajstić information content (AvgIpc) is 2.70. The molecule has 0 unspecified atom stereocenters. The van der Waals surface area contributed by atoms with Crippen molar-refractivity contribution in [2.45, 2.75) is 135 Å². The van der Waals surface area contributed by atoms with Gasteiger partial charge < -0.3 is 9.47 Å². The van der Waals surface area contributed by atoms with E-state index in [1.54, 1.807) is 7.11 Å². The second kappa shape index (κ2) is 24.5. The van der Waals surface area contributed by atoms with Crippen LogP contribution in [0.1, 0.15) is 135 Å². The largest absolute Gasteiger partial charge is 0.463 e. The monoisotopic (exact) mass is 398 g/mol. The molecule has 0 saturated carbocycles. The molecule has 28 heavy (non-hydrogen) atoms. The van der Waals surface area contributed by atoms with Crippen LogP contribution in [0.15, 0.2) is 0 Å². The predicted molar refractivity (Wildman–Crippen MR) is 121 cm³/mol. The van der Waals surface area contributed by atoms with Gasteiger partial charge in [-0.1, -0.05) is 122 Å². The summed E-state index contributed by atoms with van der Waals surface area (Å²) in [5, 5.41) is 0. The molecule has 0 spiro atoms. The maximum absolute atomic E-state index is 11.4. The molecule has 0 aliphatic rings. The van der Waals surface area contributed by atoms with Crippen molar-refractivity contribution in [2.75, 3.05) is 20.3 Å². The van der Waals surface area contributed by atoms with Crippen molar-refractivity contribution in [1.82, 2.24) is 0 Å². The SMILES string of the molecule is CCCCCCCCCCCCCCCCCCCCCC(=O)OCCOC. The Balaban J connectivity index is 3.06. The van der Waals surface area contributed by atoms with Crippen molar-refractivity contribution in [2.24, 2.45) is 0 Å². The zero-order valence-corrected chi connectivity index (χ0v) is 19.3. The van der Waals surface area contributed by atoms with Gasteiger partial charge in [-0.25, -0.2) is 0 Å². The minimum Gasteiger partial charge on any atom is -0.463 e. The van der Waals surface area contributed by atoms with Crippen LogP contribution < -0.4 is 0 Å². The Morgan fingerprint density at radius 1 is 0.536 bits per heavy atom. The predicted octanol–water partition coefficient (Wildman–Crippen LogP) is 8.00. The van der Waals surface area contributed by atoms with Crippen molar-refractivity contribution in [1.29, 1.82) is 0 Å². The van der Waals surface area contributed by atoms with E-state index < -0.39 is 0 Å². The molecule has 0 aliphatic heterocycles. The summed E-state index contributed by atoms with van der Waals surface area (Å²) in [6.45, 7) is 3.16. The minimum absolute atomic E-state index is 0.0796. The van der Waals surface area contributed by atoms with Gasteiger partial charge in [0.25, 0.3) is 0 Å². The van der Waals surface area contributed by atoms with Crippen LogP contribution in [0.5, 0.6) is 0 Å². The smallest absolute Gasteiger partial charge is 0.305 e. The highest BCUT2D eigenvalue weighted by molar-refractivity contribution is 5.69. The Hall–Kier alpha value is -0.570. The van der Waals surface area contributed by atoms with E-state index in [1.165, 1.54) is 109 Å². The first kappa shape index (κ1) is 27.4. The Kier molecular flexibility index (Phi) is 24.0. The minimum atomic E-state index is -0.0796. The highest BCUT2D eigenvalue weighted by atomic mass is 16.6. The molecule has 0 aromatic heterocycles. The summed E-state index contributed by atoms with van der Waals surface area (Å²) in [6.07, 6.45) is 26.6. The molecule has 3 nitrogen and oxygen atoms in total. The molecule has 0 bridgehead atoms. The van der Waals surface area contributed by atoms with E-state index in [2.05, 4.69) is 6.92 Å². The molecule has 0 amide bonds. The highest BCUT2D eigenvalue weighted by Crippen LogP contribution is 2.14. The molecular formula is C25H50O3. The second-order valence-corrected chi connectivity index (χ2v) is 8.33. The van der Waals surface area contributed by atoms with Crippen LogP contribution in [-0.4, -0.2) is 26.3 Å². The summed E-state index contributed by atoms with van der Waals surface area (Å²) in [4.78, 5) is 11.4. The average molecular weight is 399 g/mol.